The number of nitrogens with zero attached hydrogens (tertiary/aromatic N) is 1. The van der Waals surface area contributed by atoms with E-state index >= 15 is 0 Å². The summed E-state index contributed by atoms with van der Waals surface area (Å²) in [6.45, 7) is 0. The third kappa shape index (κ3) is 3.48. The van der Waals surface area contributed by atoms with E-state index in [9.17, 15) is 14.4 Å². The van der Waals surface area contributed by atoms with Crippen molar-refractivity contribution in [3.8, 4) is 6.07 Å². The Morgan fingerprint density at radius 1 is 1.19 bits per heavy atom. The molecule has 0 spiro atoms. The maximum absolute atomic E-state index is 13.4. The standard InChI is InChI=1S/C15H15Cl2FN2O/c16-11-7-10(8-12(17)13(11)18)20-14(21)15(9-19)5-3-1-2-4-6-15/h7-8H,1-6H2,(H,20,21). The summed E-state index contributed by atoms with van der Waals surface area (Å²) in [6.07, 6.45) is 4.85. The van der Waals surface area contributed by atoms with Gasteiger partial charge in [0.15, 0.2) is 5.82 Å². The minimum absolute atomic E-state index is 0.162. The number of nitrogens with one attached hydrogen (secondary N) is 1. The monoisotopic (exact) mass is 328 g/mol. The second kappa shape index (κ2) is 6.64. The van der Waals surface area contributed by atoms with Gasteiger partial charge in [-0.25, -0.2) is 4.39 Å². The Kier molecular flexibility index (Phi) is 5.08. The number of anilines is 1. The van der Waals surface area contributed by atoms with Crippen LogP contribution in [0.3, 0.4) is 0 Å². The molecule has 0 radical (unpaired) electrons. The number of carbonyl (C=O) groups excluding carboxylic acids is 1. The van der Waals surface area contributed by atoms with Crippen molar-refractivity contribution in [3.63, 3.8) is 0 Å². The van der Waals surface area contributed by atoms with Crippen LogP contribution in [0, 0.1) is 22.6 Å². The lowest BCUT2D eigenvalue weighted by Crippen LogP contribution is -2.34. The summed E-state index contributed by atoms with van der Waals surface area (Å²) in [6, 6.07) is 4.75. The number of halogens is 3. The summed E-state index contributed by atoms with van der Waals surface area (Å²) >= 11 is 11.4. The molecule has 0 bridgehead atoms. The van der Waals surface area contributed by atoms with Crippen LogP contribution < -0.4 is 5.32 Å². The summed E-state index contributed by atoms with van der Waals surface area (Å²) in [4.78, 5) is 12.5. The van der Waals surface area contributed by atoms with E-state index < -0.39 is 11.2 Å². The highest BCUT2D eigenvalue weighted by Gasteiger charge is 2.39. The van der Waals surface area contributed by atoms with Crippen molar-refractivity contribution in [2.75, 3.05) is 5.32 Å². The maximum Gasteiger partial charge on any atom is 0.244 e. The van der Waals surface area contributed by atoms with Crippen molar-refractivity contribution in [2.24, 2.45) is 5.41 Å². The fourth-order valence-corrected chi connectivity index (χ4v) is 3.09. The van der Waals surface area contributed by atoms with Crippen LogP contribution in [-0.4, -0.2) is 5.91 Å². The zero-order valence-electron chi connectivity index (χ0n) is 11.4. The van der Waals surface area contributed by atoms with Gasteiger partial charge in [0.1, 0.15) is 5.41 Å². The van der Waals surface area contributed by atoms with Gasteiger partial charge < -0.3 is 5.32 Å². The Morgan fingerprint density at radius 3 is 2.19 bits per heavy atom. The highest BCUT2D eigenvalue weighted by molar-refractivity contribution is 6.35. The molecule has 6 heteroatoms. The highest BCUT2D eigenvalue weighted by Crippen LogP contribution is 2.36. The maximum atomic E-state index is 13.4. The molecule has 1 saturated carbocycles. The molecular formula is C15H15Cl2FN2O. The molecule has 0 unspecified atom stereocenters. The third-order valence-electron chi connectivity index (χ3n) is 3.85. The topological polar surface area (TPSA) is 52.9 Å². The van der Waals surface area contributed by atoms with E-state index in [1.165, 1.54) is 12.1 Å². The van der Waals surface area contributed by atoms with Crippen molar-refractivity contribution in [3.05, 3.63) is 28.0 Å². The van der Waals surface area contributed by atoms with Crippen molar-refractivity contribution in [1.82, 2.24) is 0 Å². The van der Waals surface area contributed by atoms with Crippen LogP contribution in [0.4, 0.5) is 10.1 Å². The average Bonchev–Trinajstić information content (AvgIpc) is 2.71. The van der Waals surface area contributed by atoms with Gasteiger partial charge in [0.2, 0.25) is 5.91 Å². The summed E-state index contributed by atoms with van der Waals surface area (Å²) in [7, 11) is 0. The molecule has 3 nitrogen and oxygen atoms in total. The normalized spacial score (nSPS) is 17.6. The average molecular weight is 329 g/mol. The van der Waals surface area contributed by atoms with Gasteiger partial charge >= 0.3 is 0 Å². The van der Waals surface area contributed by atoms with Gasteiger partial charge in [-0.2, -0.15) is 5.26 Å². The number of amides is 1. The van der Waals surface area contributed by atoms with Crippen LogP contribution in [0.5, 0.6) is 0 Å². The Hall–Kier alpha value is -1.31. The molecule has 1 N–H and O–H groups in total. The van der Waals surface area contributed by atoms with Crippen LogP contribution >= 0.6 is 23.2 Å². The van der Waals surface area contributed by atoms with Crippen LogP contribution in [0.25, 0.3) is 0 Å². The SMILES string of the molecule is N#CC1(C(=O)Nc2cc(Cl)c(F)c(Cl)c2)CCCCCC1. The van der Waals surface area contributed by atoms with Gasteiger partial charge in [-0.3, -0.25) is 4.79 Å². The molecule has 1 fully saturated rings. The molecule has 0 atom stereocenters. The van der Waals surface area contributed by atoms with Gasteiger partial charge in [-0.05, 0) is 25.0 Å². The number of carbonyl (C=O) groups is 1. The van der Waals surface area contributed by atoms with Crippen molar-refractivity contribution >= 4 is 34.8 Å². The van der Waals surface area contributed by atoms with E-state index in [4.69, 9.17) is 23.2 Å². The van der Waals surface area contributed by atoms with E-state index in [-0.39, 0.29) is 16.0 Å². The van der Waals surface area contributed by atoms with Gasteiger partial charge in [0, 0.05) is 5.69 Å². The molecule has 1 aliphatic carbocycles. The number of rotatable bonds is 2. The summed E-state index contributed by atoms with van der Waals surface area (Å²) in [5, 5.41) is 11.8. The van der Waals surface area contributed by atoms with Crippen molar-refractivity contribution in [2.45, 2.75) is 38.5 Å². The van der Waals surface area contributed by atoms with Crippen LogP contribution in [0.15, 0.2) is 12.1 Å². The molecule has 1 aromatic carbocycles. The number of benzene rings is 1. The molecule has 1 amide bonds. The minimum atomic E-state index is -1.02. The largest absolute Gasteiger partial charge is 0.325 e. The number of hydrogen-bond acceptors (Lipinski definition) is 2. The summed E-state index contributed by atoms with van der Waals surface area (Å²) in [5.74, 6) is -1.09. The number of hydrogen-bond donors (Lipinski definition) is 1. The molecular weight excluding hydrogens is 314 g/mol. The zero-order valence-corrected chi connectivity index (χ0v) is 12.9. The molecule has 0 aliphatic heterocycles. The summed E-state index contributed by atoms with van der Waals surface area (Å²) in [5.41, 5.74) is -0.723. The second-order valence-corrected chi connectivity index (χ2v) is 6.13. The molecule has 0 aromatic heterocycles. The molecule has 1 aromatic rings. The quantitative estimate of drug-likeness (QED) is 0.617. The van der Waals surface area contributed by atoms with Gasteiger partial charge in [0.25, 0.3) is 0 Å². The molecule has 112 valence electrons. The van der Waals surface area contributed by atoms with Crippen LogP contribution in [0.1, 0.15) is 38.5 Å². The first-order valence-corrected chi connectivity index (χ1v) is 7.61. The van der Waals surface area contributed by atoms with Crippen molar-refractivity contribution in [1.29, 1.82) is 5.26 Å². The van der Waals surface area contributed by atoms with E-state index in [0.717, 1.165) is 25.7 Å². The first kappa shape index (κ1) is 16.1. The molecule has 21 heavy (non-hydrogen) atoms. The predicted molar refractivity (Wildman–Crippen MR) is 80.8 cm³/mol. The van der Waals surface area contributed by atoms with Crippen LogP contribution in [0.2, 0.25) is 10.0 Å². The van der Waals surface area contributed by atoms with E-state index in [2.05, 4.69) is 11.4 Å². The third-order valence-corrected chi connectivity index (χ3v) is 4.40. The van der Waals surface area contributed by atoms with Crippen LogP contribution in [-0.2, 0) is 4.79 Å². The lowest BCUT2D eigenvalue weighted by Gasteiger charge is -2.23. The molecule has 0 heterocycles. The first-order chi connectivity index (χ1) is 9.98. The lowest BCUT2D eigenvalue weighted by atomic mass is 9.81. The smallest absolute Gasteiger partial charge is 0.244 e. The van der Waals surface area contributed by atoms with Gasteiger partial charge in [-0.15, -0.1) is 0 Å². The Balaban J connectivity index is 2.22. The minimum Gasteiger partial charge on any atom is -0.325 e. The Bertz CT molecular complexity index is 567. The van der Waals surface area contributed by atoms with E-state index in [1.54, 1.807) is 0 Å². The predicted octanol–water partition coefficient (Wildman–Crippen LogP) is 4.94. The summed E-state index contributed by atoms with van der Waals surface area (Å²) < 4.78 is 13.4. The Labute approximate surface area is 133 Å². The number of nitriles is 1. The fourth-order valence-electron chi connectivity index (χ4n) is 2.60. The van der Waals surface area contributed by atoms with Gasteiger partial charge in [0.05, 0.1) is 16.1 Å². The molecule has 0 saturated heterocycles. The fraction of sp³-hybridized carbons (Fsp3) is 0.467. The van der Waals surface area contributed by atoms with E-state index in [0.29, 0.717) is 18.5 Å². The second-order valence-electron chi connectivity index (χ2n) is 5.32. The van der Waals surface area contributed by atoms with Gasteiger partial charge in [-0.1, -0.05) is 48.9 Å². The van der Waals surface area contributed by atoms with Crippen molar-refractivity contribution < 1.29 is 9.18 Å². The molecule has 2 rings (SSSR count). The highest BCUT2D eigenvalue weighted by atomic mass is 35.5. The first-order valence-electron chi connectivity index (χ1n) is 6.86. The molecule has 1 aliphatic rings. The Morgan fingerprint density at radius 2 is 1.71 bits per heavy atom. The lowest BCUT2D eigenvalue weighted by molar-refractivity contribution is -0.123. The zero-order chi connectivity index (χ0) is 15.5. The van der Waals surface area contributed by atoms with E-state index in [1.807, 2.05) is 0 Å².